The van der Waals surface area contributed by atoms with E-state index in [0.29, 0.717) is 29.7 Å². The first-order valence-electron chi connectivity index (χ1n) is 12.0. The summed E-state index contributed by atoms with van der Waals surface area (Å²) in [5.41, 5.74) is 3.24. The van der Waals surface area contributed by atoms with Crippen LogP contribution in [0.4, 0.5) is 23.1 Å². The fourth-order valence-electron chi connectivity index (χ4n) is 3.90. The van der Waals surface area contributed by atoms with Gasteiger partial charge in [-0.3, -0.25) is 4.79 Å². The molecule has 1 unspecified atom stereocenters. The molecule has 1 heterocycles. The summed E-state index contributed by atoms with van der Waals surface area (Å²) in [6.07, 6.45) is 2.05. The number of ether oxygens (including phenoxy) is 3. The maximum atomic E-state index is 13.1. The zero-order valence-corrected chi connectivity index (χ0v) is 21.1. The standard InChI is InChI=1S/C29H30N4O4/c1-4-37-28(34)24(20-15-16-25(35-2)26(18-20)36-3)17-21-19-30-29(32-23-13-9-6-10-14-23)33-27(21)31-22-11-7-5-8-12-22/h5-16,18-19,24H,4,17H2,1-3H3,(H2,30,31,32,33). The molecule has 0 aliphatic carbocycles. The topological polar surface area (TPSA) is 94.6 Å². The molecule has 4 rings (SSSR count). The third kappa shape index (κ3) is 6.55. The SMILES string of the molecule is CCOC(=O)C(Cc1cnc(Nc2ccccc2)nc1Nc1ccccc1)c1ccc(OC)c(OC)c1. The highest BCUT2D eigenvalue weighted by Gasteiger charge is 2.26. The second-order valence-electron chi connectivity index (χ2n) is 8.17. The summed E-state index contributed by atoms with van der Waals surface area (Å²) in [6.45, 7) is 2.06. The summed E-state index contributed by atoms with van der Waals surface area (Å²) in [7, 11) is 3.14. The van der Waals surface area contributed by atoms with E-state index in [4.69, 9.17) is 19.2 Å². The van der Waals surface area contributed by atoms with Crippen molar-refractivity contribution in [1.29, 1.82) is 0 Å². The third-order valence-corrected chi connectivity index (χ3v) is 5.74. The molecular weight excluding hydrogens is 468 g/mol. The first kappa shape index (κ1) is 25.5. The average Bonchev–Trinajstić information content (AvgIpc) is 2.93. The summed E-state index contributed by atoms with van der Waals surface area (Å²) in [4.78, 5) is 22.4. The Labute approximate surface area is 216 Å². The van der Waals surface area contributed by atoms with Crippen molar-refractivity contribution in [2.75, 3.05) is 31.5 Å². The van der Waals surface area contributed by atoms with E-state index in [-0.39, 0.29) is 12.6 Å². The maximum Gasteiger partial charge on any atom is 0.313 e. The first-order valence-corrected chi connectivity index (χ1v) is 12.0. The minimum Gasteiger partial charge on any atom is -0.493 e. The van der Waals surface area contributed by atoms with Crippen molar-refractivity contribution in [3.63, 3.8) is 0 Å². The normalized spacial score (nSPS) is 11.3. The van der Waals surface area contributed by atoms with Crippen LogP contribution < -0.4 is 20.1 Å². The number of nitrogens with zero attached hydrogens (tertiary/aromatic N) is 2. The molecule has 0 aliphatic heterocycles. The van der Waals surface area contributed by atoms with Gasteiger partial charge in [-0.1, -0.05) is 42.5 Å². The van der Waals surface area contributed by atoms with Gasteiger partial charge in [-0.2, -0.15) is 4.98 Å². The van der Waals surface area contributed by atoms with Crippen molar-refractivity contribution in [3.8, 4) is 11.5 Å². The molecule has 0 radical (unpaired) electrons. The Kier molecular flexibility index (Phi) is 8.54. The molecule has 0 amide bonds. The van der Waals surface area contributed by atoms with Crippen LogP contribution in [0.25, 0.3) is 0 Å². The van der Waals surface area contributed by atoms with E-state index < -0.39 is 5.92 Å². The molecule has 0 saturated heterocycles. The van der Waals surface area contributed by atoms with E-state index in [9.17, 15) is 4.79 Å². The molecule has 37 heavy (non-hydrogen) atoms. The molecule has 1 aromatic heterocycles. The van der Waals surface area contributed by atoms with Crippen LogP contribution in [0.15, 0.2) is 85.1 Å². The predicted octanol–water partition coefficient (Wildman–Crippen LogP) is 5.87. The molecule has 190 valence electrons. The fraction of sp³-hybridized carbons (Fsp3) is 0.207. The van der Waals surface area contributed by atoms with E-state index in [1.54, 1.807) is 39.5 Å². The molecule has 1 atom stereocenters. The van der Waals surface area contributed by atoms with Gasteiger partial charge in [0.05, 0.1) is 26.7 Å². The summed E-state index contributed by atoms with van der Waals surface area (Å²) in [6, 6.07) is 24.9. The van der Waals surface area contributed by atoms with Crippen LogP contribution in [0.2, 0.25) is 0 Å². The molecule has 4 aromatic rings. The van der Waals surface area contributed by atoms with Gasteiger partial charge in [0.2, 0.25) is 5.95 Å². The number of hydrogen-bond acceptors (Lipinski definition) is 8. The lowest BCUT2D eigenvalue weighted by molar-refractivity contribution is -0.144. The van der Waals surface area contributed by atoms with Crippen LogP contribution in [-0.2, 0) is 16.0 Å². The van der Waals surface area contributed by atoms with Crippen LogP contribution in [0, 0.1) is 0 Å². The van der Waals surface area contributed by atoms with Gasteiger partial charge in [0.15, 0.2) is 11.5 Å². The van der Waals surface area contributed by atoms with Crippen molar-refractivity contribution < 1.29 is 19.0 Å². The number of hydrogen-bond donors (Lipinski definition) is 2. The molecule has 8 nitrogen and oxygen atoms in total. The number of benzene rings is 3. The van der Waals surface area contributed by atoms with Crippen LogP contribution >= 0.6 is 0 Å². The molecule has 8 heteroatoms. The van der Waals surface area contributed by atoms with Gasteiger partial charge in [-0.25, -0.2) is 4.98 Å². The van der Waals surface area contributed by atoms with Gasteiger partial charge in [-0.15, -0.1) is 0 Å². The lowest BCUT2D eigenvalue weighted by atomic mass is 9.92. The van der Waals surface area contributed by atoms with E-state index in [0.717, 1.165) is 22.5 Å². The lowest BCUT2D eigenvalue weighted by Crippen LogP contribution is -2.19. The van der Waals surface area contributed by atoms with Gasteiger partial charge in [0.25, 0.3) is 0 Å². The highest BCUT2D eigenvalue weighted by Crippen LogP contribution is 2.34. The summed E-state index contributed by atoms with van der Waals surface area (Å²) in [5, 5.41) is 6.61. The number of nitrogens with one attached hydrogen (secondary N) is 2. The third-order valence-electron chi connectivity index (χ3n) is 5.74. The van der Waals surface area contributed by atoms with Gasteiger partial charge in [0.1, 0.15) is 5.82 Å². The Hall–Kier alpha value is -4.59. The number of carbonyl (C=O) groups excluding carboxylic acids is 1. The number of methoxy groups -OCH3 is 2. The summed E-state index contributed by atoms with van der Waals surface area (Å²) >= 11 is 0. The second-order valence-corrected chi connectivity index (χ2v) is 8.17. The molecule has 0 saturated carbocycles. The van der Waals surface area contributed by atoms with E-state index in [2.05, 4.69) is 15.6 Å². The van der Waals surface area contributed by atoms with Gasteiger partial charge in [-0.05, 0) is 55.3 Å². The van der Waals surface area contributed by atoms with Crippen LogP contribution in [-0.4, -0.2) is 36.8 Å². The van der Waals surface area contributed by atoms with Gasteiger partial charge >= 0.3 is 5.97 Å². The van der Waals surface area contributed by atoms with E-state index >= 15 is 0 Å². The fourth-order valence-corrected chi connectivity index (χ4v) is 3.90. The van der Waals surface area contributed by atoms with Crippen molar-refractivity contribution in [1.82, 2.24) is 9.97 Å². The molecule has 3 aromatic carbocycles. The minimum atomic E-state index is -0.604. The summed E-state index contributed by atoms with van der Waals surface area (Å²) in [5.74, 6) is 1.21. The van der Waals surface area contributed by atoms with Crippen LogP contribution in [0.5, 0.6) is 11.5 Å². The largest absolute Gasteiger partial charge is 0.493 e. The number of aromatic nitrogens is 2. The van der Waals surface area contributed by atoms with Gasteiger partial charge < -0.3 is 24.8 Å². The van der Waals surface area contributed by atoms with E-state index in [1.165, 1.54) is 0 Å². The predicted molar refractivity (Wildman–Crippen MR) is 144 cm³/mol. The van der Waals surface area contributed by atoms with Crippen molar-refractivity contribution in [2.45, 2.75) is 19.3 Å². The van der Waals surface area contributed by atoms with E-state index in [1.807, 2.05) is 66.7 Å². The van der Waals surface area contributed by atoms with Crippen molar-refractivity contribution >= 4 is 29.1 Å². The molecule has 2 N–H and O–H groups in total. The van der Waals surface area contributed by atoms with Crippen molar-refractivity contribution in [3.05, 3.63) is 96.2 Å². The Morgan fingerprint density at radius 3 is 2.14 bits per heavy atom. The number of esters is 1. The van der Waals surface area contributed by atoms with Crippen LogP contribution in [0.1, 0.15) is 24.0 Å². The number of carbonyl (C=O) groups is 1. The summed E-state index contributed by atoms with van der Waals surface area (Å²) < 4.78 is 16.3. The average molecular weight is 499 g/mol. The van der Waals surface area contributed by atoms with Crippen molar-refractivity contribution in [2.24, 2.45) is 0 Å². The zero-order chi connectivity index (χ0) is 26.0. The lowest BCUT2D eigenvalue weighted by Gasteiger charge is -2.20. The second kappa shape index (κ2) is 12.4. The van der Waals surface area contributed by atoms with Gasteiger partial charge in [0, 0.05) is 23.1 Å². The minimum absolute atomic E-state index is 0.272. The molecule has 0 spiro atoms. The smallest absolute Gasteiger partial charge is 0.313 e. The Balaban J connectivity index is 1.71. The number of rotatable bonds is 11. The number of para-hydroxylation sites is 2. The molecular formula is C29H30N4O4. The Bertz CT molecular complexity index is 1320. The molecule has 0 aliphatic rings. The maximum absolute atomic E-state index is 13.1. The molecule has 0 bridgehead atoms. The number of anilines is 4. The highest BCUT2D eigenvalue weighted by molar-refractivity contribution is 5.79. The molecule has 0 fully saturated rings. The first-order chi connectivity index (χ1) is 18.1. The van der Waals surface area contributed by atoms with Crippen LogP contribution in [0.3, 0.4) is 0 Å². The quantitative estimate of drug-likeness (QED) is 0.248. The Morgan fingerprint density at radius 1 is 0.865 bits per heavy atom. The zero-order valence-electron chi connectivity index (χ0n) is 21.1. The highest BCUT2D eigenvalue weighted by atomic mass is 16.5. The monoisotopic (exact) mass is 498 g/mol. The Morgan fingerprint density at radius 2 is 1.51 bits per heavy atom.